The molecule has 158 valence electrons. The second kappa shape index (κ2) is 6.59. The lowest BCUT2D eigenvalue weighted by atomic mass is 9.52. The summed E-state index contributed by atoms with van der Waals surface area (Å²) in [6.07, 6.45) is 6.33. The Kier molecular flexibility index (Phi) is 4.46. The third-order valence-corrected chi connectivity index (χ3v) is 8.02. The molecular formula is C20H25F2N3O3S. The zero-order chi connectivity index (χ0) is 20.6. The lowest BCUT2D eigenvalue weighted by Crippen LogP contribution is -2.61. The van der Waals surface area contributed by atoms with Gasteiger partial charge in [0.2, 0.25) is 5.92 Å². The van der Waals surface area contributed by atoms with Crippen LogP contribution in [0.15, 0.2) is 11.4 Å². The zero-order valence-corrected chi connectivity index (χ0v) is 17.1. The van der Waals surface area contributed by atoms with Gasteiger partial charge in [0.1, 0.15) is 6.26 Å². The molecule has 0 saturated heterocycles. The summed E-state index contributed by atoms with van der Waals surface area (Å²) in [4.78, 5) is 21.4. The minimum absolute atomic E-state index is 0.0185. The Morgan fingerprint density at radius 3 is 2.45 bits per heavy atom. The molecule has 0 radical (unpaired) electrons. The van der Waals surface area contributed by atoms with E-state index in [0.29, 0.717) is 18.8 Å². The van der Waals surface area contributed by atoms with Gasteiger partial charge in [-0.1, -0.05) is 0 Å². The van der Waals surface area contributed by atoms with Crippen LogP contribution in [-0.4, -0.2) is 49.4 Å². The number of nitrogens with one attached hydrogen (secondary N) is 1. The summed E-state index contributed by atoms with van der Waals surface area (Å²) in [5.41, 5.74) is -0.112. The first-order valence-corrected chi connectivity index (χ1v) is 11.8. The van der Waals surface area contributed by atoms with Gasteiger partial charge >= 0.3 is 5.16 Å². The Morgan fingerprint density at radius 2 is 1.90 bits per heavy atom. The van der Waals surface area contributed by atoms with Crippen molar-refractivity contribution in [3.8, 4) is 0 Å². The third kappa shape index (κ3) is 3.45. The minimum atomic E-state index is -2.74. The van der Waals surface area contributed by atoms with Gasteiger partial charge in [0.15, 0.2) is 0 Å². The summed E-state index contributed by atoms with van der Waals surface area (Å²) in [5, 5.41) is 13.9. The van der Waals surface area contributed by atoms with Gasteiger partial charge in [0.05, 0.1) is 16.9 Å². The van der Waals surface area contributed by atoms with Crippen LogP contribution in [-0.2, 0) is 11.2 Å². The molecule has 9 heteroatoms. The second-order valence-corrected chi connectivity index (χ2v) is 10.8. The van der Waals surface area contributed by atoms with Crippen LogP contribution in [0.5, 0.6) is 0 Å². The van der Waals surface area contributed by atoms with E-state index in [0.717, 1.165) is 19.3 Å². The number of carbonyl (C=O) groups is 1. The lowest BCUT2D eigenvalue weighted by molar-refractivity contribution is -0.136. The van der Waals surface area contributed by atoms with Crippen LogP contribution < -0.4 is 5.32 Å². The molecule has 1 heterocycles. The van der Waals surface area contributed by atoms with Crippen molar-refractivity contribution in [3.05, 3.63) is 17.5 Å². The van der Waals surface area contributed by atoms with Crippen molar-refractivity contribution < 1.29 is 23.2 Å². The Balaban J connectivity index is 1.38. The highest BCUT2D eigenvalue weighted by molar-refractivity contribution is 7.90. The highest BCUT2D eigenvalue weighted by atomic mass is 32.2. The Labute approximate surface area is 171 Å². The molecule has 5 aliphatic carbocycles. The van der Waals surface area contributed by atoms with E-state index in [2.05, 4.69) is 15.3 Å². The van der Waals surface area contributed by atoms with Crippen LogP contribution in [0, 0.1) is 17.8 Å². The fourth-order valence-corrected chi connectivity index (χ4v) is 6.73. The maximum absolute atomic E-state index is 13.4. The normalized spacial score (nSPS) is 38.5. The van der Waals surface area contributed by atoms with E-state index in [1.165, 1.54) is 12.5 Å². The number of amides is 1. The fourth-order valence-electron chi connectivity index (χ4n) is 6.30. The molecule has 0 aliphatic heterocycles. The molecule has 6 rings (SSSR count). The molecule has 1 aromatic heterocycles. The largest absolute Gasteiger partial charge is 0.609 e. The van der Waals surface area contributed by atoms with Crippen LogP contribution in [0.1, 0.15) is 66.9 Å². The highest BCUT2D eigenvalue weighted by Crippen LogP contribution is 2.55. The van der Waals surface area contributed by atoms with Crippen molar-refractivity contribution in [2.75, 3.05) is 6.26 Å². The van der Waals surface area contributed by atoms with Crippen LogP contribution in [0.2, 0.25) is 0 Å². The fraction of sp³-hybridized carbons (Fsp3) is 0.750. The number of nitrogens with zero attached hydrogens (tertiary/aromatic N) is 2. The van der Waals surface area contributed by atoms with Gasteiger partial charge in [0.25, 0.3) is 5.91 Å². The molecule has 2 N–H and O–H groups in total. The highest BCUT2D eigenvalue weighted by Gasteiger charge is 2.55. The number of halogens is 2. The van der Waals surface area contributed by atoms with E-state index in [9.17, 15) is 23.2 Å². The Bertz CT molecular complexity index is 828. The van der Waals surface area contributed by atoms with Crippen molar-refractivity contribution in [2.45, 2.75) is 73.6 Å². The first-order chi connectivity index (χ1) is 13.6. The summed E-state index contributed by atoms with van der Waals surface area (Å²) in [6.45, 7) is 0. The molecule has 0 spiro atoms. The summed E-state index contributed by atoms with van der Waals surface area (Å²) in [5.74, 6) is -2.61. The average molecular weight is 426 g/mol. The maximum Gasteiger partial charge on any atom is 0.342 e. The van der Waals surface area contributed by atoms with Gasteiger partial charge < -0.3 is 15.0 Å². The summed E-state index contributed by atoms with van der Waals surface area (Å²) < 4.78 is 38.7. The second-order valence-electron chi connectivity index (χ2n) is 9.56. The van der Waals surface area contributed by atoms with E-state index >= 15 is 0 Å². The van der Waals surface area contributed by atoms with Gasteiger partial charge in [-0.05, 0) is 49.9 Å². The first-order valence-electron chi connectivity index (χ1n) is 10.2. The number of hydrogen-bond acceptors (Lipinski definition) is 5. The maximum atomic E-state index is 13.4. The molecule has 3 unspecified atom stereocenters. The molecule has 0 aromatic carbocycles. The topological polar surface area (TPSA) is 98.2 Å². The van der Waals surface area contributed by atoms with Gasteiger partial charge in [-0.15, -0.1) is 0 Å². The molecule has 1 amide bonds. The van der Waals surface area contributed by atoms with E-state index in [4.69, 9.17) is 0 Å². The van der Waals surface area contributed by atoms with Gasteiger partial charge in [-0.2, -0.15) is 9.97 Å². The number of carbonyl (C=O) groups excluding carboxylic acids is 1. The molecule has 29 heavy (non-hydrogen) atoms. The van der Waals surface area contributed by atoms with E-state index in [-0.39, 0.29) is 53.0 Å². The number of aliphatic hydroxyl groups is 1. The van der Waals surface area contributed by atoms with Crippen molar-refractivity contribution in [3.63, 3.8) is 0 Å². The van der Waals surface area contributed by atoms with Gasteiger partial charge in [-0.3, -0.25) is 4.79 Å². The third-order valence-electron chi connectivity index (χ3n) is 7.31. The number of aromatic nitrogens is 2. The number of hydrogen-bond donors (Lipinski definition) is 2. The average Bonchev–Trinajstić information content (AvgIpc) is 2.60. The molecule has 1 aromatic rings. The van der Waals surface area contributed by atoms with Crippen LogP contribution in [0.25, 0.3) is 0 Å². The standard InChI is InChI=1S/C20H25F2N3O3S/c1-29(28)18-23-9-14(16(25-18)13-7-20(21,22)8-13)17(26)24-15-11-2-10-3-12(15)6-19(27,4-10)5-11/h9-13,15,27H,2-8H2,1H3,(H,24,26)/t10?,11?,12?,15-,19+,29?. The summed E-state index contributed by atoms with van der Waals surface area (Å²) in [7, 11) is 0. The van der Waals surface area contributed by atoms with Crippen LogP contribution >= 0.6 is 0 Å². The van der Waals surface area contributed by atoms with Crippen LogP contribution in [0.3, 0.4) is 0 Å². The molecule has 5 aliphatic rings. The quantitative estimate of drug-likeness (QED) is 0.570. The molecule has 5 fully saturated rings. The predicted molar refractivity (Wildman–Crippen MR) is 101 cm³/mol. The van der Waals surface area contributed by atoms with Crippen molar-refractivity contribution >= 4 is 17.1 Å². The predicted octanol–water partition coefficient (Wildman–Crippen LogP) is 2.40. The number of rotatable bonds is 4. The minimum Gasteiger partial charge on any atom is -0.609 e. The van der Waals surface area contributed by atoms with E-state index < -0.39 is 28.6 Å². The first kappa shape index (κ1) is 19.6. The van der Waals surface area contributed by atoms with Gasteiger partial charge in [-0.25, -0.2) is 8.78 Å². The van der Waals surface area contributed by atoms with Gasteiger partial charge in [0, 0.05) is 42.2 Å². The molecular weight excluding hydrogens is 400 g/mol. The summed E-state index contributed by atoms with van der Waals surface area (Å²) >= 11 is -1.46. The lowest BCUT2D eigenvalue weighted by Gasteiger charge is -2.58. The summed E-state index contributed by atoms with van der Waals surface area (Å²) in [6, 6.07) is -0.0185. The SMILES string of the molecule is C[S+]([O-])c1ncc(C(=O)N[C@H]2C3CC4CC2C[C@@](O)(C4)C3)c(C2CC(F)(F)C2)n1. The number of alkyl halides is 2. The van der Waals surface area contributed by atoms with Crippen molar-refractivity contribution in [1.29, 1.82) is 0 Å². The van der Waals surface area contributed by atoms with Crippen molar-refractivity contribution in [2.24, 2.45) is 17.8 Å². The zero-order valence-electron chi connectivity index (χ0n) is 16.2. The van der Waals surface area contributed by atoms with E-state index in [1.54, 1.807) is 0 Å². The molecule has 3 atom stereocenters. The van der Waals surface area contributed by atoms with Crippen molar-refractivity contribution in [1.82, 2.24) is 15.3 Å². The molecule has 4 bridgehead atoms. The monoisotopic (exact) mass is 425 g/mol. The molecule has 6 nitrogen and oxygen atoms in total. The van der Waals surface area contributed by atoms with E-state index in [1.807, 2.05) is 0 Å². The van der Waals surface area contributed by atoms with Crippen LogP contribution in [0.4, 0.5) is 8.78 Å². The Morgan fingerprint density at radius 1 is 1.24 bits per heavy atom. The smallest absolute Gasteiger partial charge is 0.342 e. The Hall–Kier alpha value is -1.32. The molecule has 5 saturated carbocycles.